The Morgan fingerprint density at radius 2 is 1.93 bits per heavy atom. The Morgan fingerprint density at radius 3 is 2.61 bits per heavy atom. The summed E-state index contributed by atoms with van der Waals surface area (Å²) in [5, 5.41) is 7.45. The average molecular weight is 386 g/mol. The van der Waals surface area contributed by atoms with Gasteiger partial charge >= 0.3 is 0 Å². The van der Waals surface area contributed by atoms with Gasteiger partial charge in [0.1, 0.15) is 6.26 Å². The van der Waals surface area contributed by atoms with E-state index in [0.29, 0.717) is 13.2 Å². The Bertz CT molecular complexity index is 724. The normalized spacial score (nSPS) is 15.8. The monoisotopic (exact) mass is 385 g/mol. The van der Waals surface area contributed by atoms with Crippen LogP contribution >= 0.6 is 0 Å². The predicted molar refractivity (Wildman–Crippen MR) is 110 cm³/mol. The molecule has 1 saturated heterocycles. The van der Waals surface area contributed by atoms with Gasteiger partial charge < -0.3 is 19.5 Å². The molecule has 0 saturated carbocycles. The lowest BCUT2D eigenvalue weighted by Crippen LogP contribution is -2.52. The van der Waals surface area contributed by atoms with Crippen LogP contribution in [0.1, 0.15) is 30.7 Å². The fraction of sp³-hybridized carbons (Fsp3) is 0.524. The number of ether oxygens (including phenoxy) is 1. The molecule has 0 spiro atoms. The fourth-order valence-electron chi connectivity index (χ4n) is 3.32. The minimum absolute atomic E-state index is 0.638. The number of benzene rings is 1. The molecular weight excluding hydrogens is 354 g/mol. The van der Waals surface area contributed by atoms with E-state index in [1.807, 2.05) is 13.0 Å². The molecule has 0 amide bonds. The van der Waals surface area contributed by atoms with Crippen LogP contribution in [-0.4, -0.2) is 60.2 Å². The number of rotatable bonds is 8. The van der Waals surface area contributed by atoms with E-state index < -0.39 is 0 Å². The largest absolute Gasteiger partial charge is 0.377 e. The molecule has 0 radical (unpaired) electrons. The highest BCUT2D eigenvalue weighted by molar-refractivity contribution is 5.80. The Morgan fingerprint density at radius 1 is 1.14 bits per heavy atom. The number of aromatic nitrogens is 1. The van der Waals surface area contributed by atoms with Crippen LogP contribution in [0.3, 0.4) is 0 Å². The van der Waals surface area contributed by atoms with Crippen LogP contribution in [0, 0.1) is 0 Å². The number of guanidine groups is 1. The van der Waals surface area contributed by atoms with Crippen LogP contribution in [0.5, 0.6) is 0 Å². The van der Waals surface area contributed by atoms with E-state index in [-0.39, 0.29) is 0 Å². The second-order valence-electron chi connectivity index (χ2n) is 6.83. The third-order valence-electron chi connectivity index (χ3n) is 4.86. The van der Waals surface area contributed by atoms with Crippen molar-refractivity contribution in [2.24, 2.45) is 4.99 Å². The number of nitrogens with one attached hydrogen (secondary N) is 1. The van der Waals surface area contributed by atoms with E-state index >= 15 is 0 Å². The quantitative estimate of drug-likeness (QED) is 0.556. The number of hydrogen-bond acceptors (Lipinski definition) is 5. The van der Waals surface area contributed by atoms with Gasteiger partial charge in [0.25, 0.3) is 0 Å². The molecule has 0 bridgehead atoms. The highest BCUT2D eigenvalue weighted by Gasteiger charge is 2.20. The first-order valence-corrected chi connectivity index (χ1v) is 10.1. The van der Waals surface area contributed by atoms with Gasteiger partial charge in [0, 0.05) is 51.9 Å². The first-order valence-electron chi connectivity index (χ1n) is 10.1. The van der Waals surface area contributed by atoms with Gasteiger partial charge in [0.15, 0.2) is 5.96 Å². The van der Waals surface area contributed by atoms with Crippen molar-refractivity contribution in [3.05, 3.63) is 53.4 Å². The van der Waals surface area contributed by atoms with Crippen molar-refractivity contribution in [2.45, 2.75) is 33.5 Å². The summed E-state index contributed by atoms with van der Waals surface area (Å²) in [6.07, 6.45) is 1.63. The molecule has 7 heteroatoms. The first-order chi connectivity index (χ1) is 13.8. The van der Waals surface area contributed by atoms with Gasteiger partial charge in [0.05, 0.1) is 18.8 Å². The summed E-state index contributed by atoms with van der Waals surface area (Å²) in [6, 6.07) is 10.3. The van der Waals surface area contributed by atoms with E-state index in [2.05, 4.69) is 51.5 Å². The molecule has 1 N–H and O–H groups in total. The highest BCUT2D eigenvalue weighted by atomic mass is 16.5. The van der Waals surface area contributed by atoms with Crippen molar-refractivity contribution < 1.29 is 9.26 Å². The summed E-state index contributed by atoms with van der Waals surface area (Å²) in [5.41, 5.74) is 3.41. The zero-order valence-electron chi connectivity index (χ0n) is 16.9. The first kappa shape index (κ1) is 20.4. The average Bonchev–Trinajstić information content (AvgIpc) is 3.24. The summed E-state index contributed by atoms with van der Waals surface area (Å²) in [5.74, 6) is 0.981. The summed E-state index contributed by atoms with van der Waals surface area (Å²) in [6.45, 7) is 11.7. The number of nitrogens with zero attached hydrogens (tertiary/aromatic N) is 4. The van der Waals surface area contributed by atoms with Gasteiger partial charge in [-0.15, -0.1) is 0 Å². The Hall–Kier alpha value is -2.38. The van der Waals surface area contributed by atoms with Crippen molar-refractivity contribution in [1.29, 1.82) is 0 Å². The zero-order valence-corrected chi connectivity index (χ0v) is 16.9. The lowest BCUT2D eigenvalue weighted by Gasteiger charge is -2.36. The lowest BCUT2D eigenvalue weighted by molar-refractivity contribution is 0.133. The van der Waals surface area contributed by atoms with Gasteiger partial charge in [0.2, 0.25) is 0 Å². The topological polar surface area (TPSA) is 66.1 Å². The Balaban J connectivity index is 1.59. The van der Waals surface area contributed by atoms with E-state index in [1.165, 1.54) is 11.1 Å². The maximum absolute atomic E-state index is 5.59. The van der Waals surface area contributed by atoms with Crippen LogP contribution in [0.2, 0.25) is 0 Å². The molecule has 0 aliphatic carbocycles. The molecule has 1 aromatic carbocycles. The molecule has 1 aliphatic rings. The number of piperazine rings is 1. The number of hydrogen-bond donors (Lipinski definition) is 1. The maximum Gasteiger partial charge on any atom is 0.194 e. The molecule has 28 heavy (non-hydrogen) atoms. The minimum atomic E-state index is 0.638. The second kappa shape index (κ2) is 10.8. The fourth-order valence-corrected chi connectivity index (χ4v) is 3.32. The standard InChI is InChI=1S/C21H31N5O2/c1-3-22-21(23-15-18-7-5-6-8-19(18)17-27-4-2)26-12-10-25(11-13-26)16-20-9-14-28-24-20/h5-9,14H,3-4,10-13,15-17H2,1-2H3,(H,22,23). The third kappa shape index (κ3) is 5.81. The Labute approximate surface area is 167 Å². The smallest absolute Gasteiger partial charge is 0.194 e. The molecule has 7 nitrogen and oxygen atoms in total. The molecule has 2 aromatic rings. The van der Waals surface area contributed by atoms with E-state index in [1.54, 1.807) is 6.26 Å². The Kier molecular flexibility index (Phi) is 7.87. The van der Waals surface area contributed by atoms with Crippen molar-refractivity contribution in [1.82, 2.24) is 20.3 Å². The summed E-state index contributed by atoms with van der Waals surface area (Å²) in [4.78, 5) is 9.65. The molecule has 1 fully saturated rings. The van der Waals surface area contributed by atoms with Gasteiger partial charge in [-0.25, -0.2) is 4.99 Å². The van der Waals surface area contributed by atoms with Crippen molar-refractivity contribution in [3.8, 4) is 0 Å². The van der Waals surface area contributed by atoms with Crippen molar-refractivity contribution in [2.75, 3.05) is 39.3 Å². The van der Waals surface area contributed by atoms with Gasteiger partial charge in [-0.05, 0) is 25.0 Å². The molecule has 2 heterocycles. The van der Waals surface area contributed by atoms with Crippen LogP contribution in [0.4, 0.5) is 0 Å². The van der Waals surface area contributed by atoms with Crippen LogP contribution in [0.15, 0.2) is 46.1 Å². The van der Waals surface area contributed by atoms with Crippen LogP contribution in [-0.2, 0) is 24.4 Å². The zero-order chi connectivity index (χ0) is 19.6. The van der Waals surface area contributed by atoms with E-state index in [9.17, 15) is 0 Å². The van der Waals surface area contributed by atoms with Crippen LogP contribution < -0.4 is 5.32 Å². The molecule has 0 atom stereocenters. The molecule has 0 unspecified atom stereocenters. The lowest BCUT2D eigenvalue weighted by atomic mass is 10.1. The molecule has 152 valence electrons. The summed E-state index contributed by atoms with van der Waals surface area (Å²) >= 11 is 0. The third-order valence-corrected chi connectivity index (χ3v) is 4.86. The molecule has 3 rings (SSSR count). The summed E-state index contributed by atoms with van der Waals surface area (Å²) < 4.78 is 10.5. The summed E-state index contributed by atoms with van der Waals surface area (Å²) in [7, 11) is 0. The second-order valence-corrected chi connectivity index (χ2v) is 6.83. The van der Waals surface area contributed by atoms with Crippen LogP contribution in [0.25, 0.3) is 0 Å². The SMILES string of the molecule is CCNC(=NCc1ccccc1COCC)N1CCN(Cc2ccon2)CC1. The van der Waals surface area contributed by atoms with Crippen molar-refractivity contribution >= 4 is 5.96 Å². The van der Waals surface area contributed by atoms with E-state index in [0.717, 1.165) is 57.5 Å². The predicted octanol–water partition coefficient (Wildman–Crippen LogP) is 2.49. The maximum atomic E-state index is 5.59. The molecule has 1 aliphatic heterocycles. The minimum Gasteiger partial charge on any atom is -0.377 e. The van der Waals surface area contributed by atoms with Gasteiger partial charge in [-0.2, -0.15) is 0 Å². The van der Waals surface area contributed by atoms with Gasteiger partial charge in [-0.1, -0.05) is 29.4 Å². The number of aliphatic imine (C=N–C) groups is 1. The molecule has 1 aromatic heterocycles. The van der Waals surface area contributed by atoms with Crippen molar-refractivity contribution in [3.63, 3.8) is 0 Å². The van der Waals surface area contributed by atoms with E-state index in [4.69, 9.17) is 14.3 Å². The highest BCUT2D eigenvalue weighted by Crippen LogP contribution is 2.13. The molecular formula is C21H31N5O2. The van der Waals surface area contributed by atoms with Gasteiger partial charge in [-0.3, -0.25) is 4.90 Å².